The molecule has 3 aromatic rings. The SMILES string of the molecule is C[C@@H](CCc1ccccc1)NC(=O)CCc1cn(C)c2ccccc12. The summed E-state index contributed by atoms with van der Waals surface area (Å²) >= 11 is 0. The van der Waals surface area contributed by atoms with Gasteiger partial charge in [0.2, 0.25) is 5.91 Å². The second-order valence-corrected chi connectivity index (χ2v) is 6.78. The van der Waals surface area contributed by atoms with Crippen LogP contribution in [0.25, 0.3) is 10.9 Å². The number of hydrogen-bond acceptors (Lipinski definition) is 1. The van der Waals surface area contributed by atoms with Crippen LogP contribution in [0.15, 0.2) is 60.8 Å². The van der Waals surface area contributed by atoms with Gasteiger partial charge in [-0.15, -0.1) is 0 Å². The molecule has 0 aliphatic rings. The summed E-state index contributed by atoms with van der Waals surface area (Å²) in [6.45, 7) is 2.08. The van der Waals surface area contributed by atoms with E-state index in [9.17, 15) is 4.79 Å². The van der Waals surface area contributed by atoms with Gasteiger partial charge < -0.3 is 9.88 Å². The minimum Gasteiger partial charge on any atom is -0.354 e. The summed E-state index contributed by atoms with van der Waals surface area (Å²) in [6, 6.07) is 19.0. The predicted molar refractivity (Wildman–Crippen MR) is 104 cm³/mol. The minimum atomic E-state index is 0.133. The molecule has 0 saturated heterocycles. The Labute approximate surface area is 149 Å². The summed E-state index contributed by atoms with van der Waals surface area (Å²) in [5.41, 5.74) is 3.78. The molecular formula is C22H26N2O. The molecule has 0 bridgehead atoms. The molecule has 0 unspecified atom stereocenters. The number of carbonyl (C=O) groups excluding carboxylic acids is 1. The Morgan fingerprint density at radius 3 is 2.56 bits per heavy atom. The number of nitrogens with zero attached hydrogens (tertiary/aromatic N) is 1. The zero-order valence-corrected chi connectivity index (χ0v) is 15.0. The van der Waals surface area contributed by atoms with E-state index in [0.29, 0.717) is 6.42 Å². The highest BCUT2D eigenvalue weighted by Gasteiger charge is 2.10. The number of aryl methyl sites for hydroxylation is 3. The van der Waals surface area contributed by atoms with Crippen molar-refractivity contribution < 1.29 is 4.79 Å². The number of carbonyl (C=O) groups is 1. The molecule has 0 radical (unpaired) electrons. The van der Waals surface area contributed by atoms with E-state index in [4.69, 9.17) is 0 Å². The fraction of sp³-hybridized carbons (Fsp3) is 0.318. The van der Waals surface area contributed by atoms with Crippen LogP contribution in [0.1, 0.15) is 30.9 Å². The van der Waals surface area contributed by atoms with Crippen LogP contribution in [0.3, 0.4) is 0 Å². The fourth-order valence-electron chi connectivity index (χ4n) is 3.32. The number of benzene rings is 2. The van der Waals surface area contributed by atoms with Crippen LogP contribution in [0.4, 0.5) is 0 Å². The van der Waals surface area contributed by atoms with E-state index in [2.05, 4.69) is 72.5 Å². The number of para-hydroxylation sites is 1. The van der Waals surface area contributed by atoms with Crippen LogP contribution in [0.2, 0.25) is 0 Å². The number of amides is 1. The van der Waals surface area contributed by atoms with Gasteiger partial charge >= 0.3 is 0 Å². The summed E-state index contributed by atoms with van der Waals surface area (Å²) < 4.78 is 2.13. The van der Waals surface area contributed by atoms with Gasteiger partial charge in [-0.05, 0) is 43.4 Å². The van der Waals surface area contributed by atoms with Crippen molar-refractivity contribution >= 4 is 16.8 Å². The third kappa shape index (κ3) is 4.50. The topological polar surface area (TPSA) is 34.0 Å². The maximum Gasteiger partial charge on any atom is 0.220 e. The lowest BCUT2D eigenvalue weighted by molar-refractivity contribution is -0.121. The average molecular weight is 334 g/mol. The molecule has 3 heteroatoms. The van der Waals surface area contributed by atoms with E-state index >= 15 is 0 Å². The quantitative estimate of drug-likeness (QED) is 0.689. The number of rotatable bonds is 7. The van der Waals surface area contributed by atoms with Crippen LogP contribution >= 0.6 is 0 Å². The molecule has 0 aliphatic carbocycles. The number of hydrogen-bond donors (Lipinski definition) is 1. The van der Waals surface area contributed by atoms with Gasteiger partial charge in [0, 0.05) is 36.6 Å². The van der Waals surface area contributed by atoms with Gasteiger partial charge in [-0.1, -0.05) is 48.5 Å². The minimum absolute atomic E-state index is 0.133. The molecule has 1 amide bonds. The van der Waals surface area contributed by atoms with Crippen LogP contribution in [-0.2, 0) is 24.7 Å². The van der Waals surface area contributed by atoms with Crippen molar-refractivity contribution in [3.63, 3.8) is 0 Å². The zero-order chi connectivity index (χ0) is 17.6. The zero-order valence-electron chi connectivity index (χ0n) is 15.0. The van der Waals surface area contributed by atoms with Gasteiger partial charge in [-0.3, -0.25) is 4.79 Å². The first kappa shape index (κ1) is 17.3. The molecule has 25 heavy (non-hydrogen) atoms. The van der Waals surface area contributed by atoms with E-state index in [-0.39, 0.29) is 11.9 Å². The second-order valence-electron chi connectivity index (χ2n) is 6.78. The first-order valence-corrected chi connectivity index (χ1v) is 8.99. The van der Waals surface area contributed by atoms with Crippen molar-refractivity contribution in [1.82, 2.24) is 9.88 Å². The van der Waals surface area contributed by atoms with E-state index in [1.165, 1.54) is 22.0 Å². The van der Waals surface area contributed by atoms with E-state index < -0.39 is 0 Å². The molecule has 0 saturated carbocycles. The Morgan fingerprint density at radius 2 is 1.76 bits per heavy atom. The standard InChI is InChI=1S/C22H26N2O/c1-17(12-13-18-8-4-3-5-9-18)23-22(25)15-14-19-16-24(2)21-11-7-6-10-20(19)21/h3-11,16-17H,12-15H2,1-2H3,(H,23,25)/t17-/m0/s1. The van der Waals surface area contributed by atoms with E-state index in [1.54, 1.807) is 0 Å². The lowest BCUT2D eigenvalue weighted by atomic mass is 10.1. The van der Waals surface area contributed by atoms with Crippen molar-refractivity contribution in [1.29, 1.82) is 0 Å². The van der Waals surface area contributed by atoms with Crippen molar-refractivity contribution in [3.05, 3.63) is 71.9 Å². The van der Waals surface area contributed by atoms with Gasteiger partial charge in [-0.25, -0.2) is 0 Å². The first-order valence-electron chi connectivity index (χ1n) is 8.99. The fourth-order valence-corrected chi connectivity index (χ4v) is 3.32. The molecule has 3 rings (SSSR count). The molecule has 1 aromatic heterocycles. The van der Waals surface area contributed by atoms with E-state index in [0.717, 1.165) is 19.3 Å². The molecule has 0 spiro atoms. The van der Waals surface area contributed by atoms with Crippen molar-refractivity contribution in [2.45, 2.75) is 38.6 Å². The van der Waals surface area contributed by atoms with Crippen LogP contribution < -0.4 is 5.32 Å². The third-order valence-corrected chi connectivity index (χ3v) is 4.72. The molecule has 1 atom stereocenters. The van der Waals surface area contributed by atoms with Gasteiger partial charge in [0.1, 0.15) is 0 Å². The van der Waals surface area contributed by atoms with E-state index in [1.807, 2.05) is 12.1 Å². The van der Waals surface area contributed by atoms with Gasteiger partial charge in [0.15, 0.2) is 0 Å². The highest BCUT2D eigenvalue weighted by molar-refractivity contribution is 5.85. The monoisotopic (exact) mass is 334 g/mol. The lowest BCUT2D eigenvalue weighted by Gasteiger charge is -2.14. The number of aromatic nitrogens is 1. The Bertz CT molecular complexity index is 836. The van der Waals surface area contributed by atoms with Crippen LogP contribution in [0, 0.1) is 0 Å². The third-order valence-electron chi connectivity index (χ3n) is 4.72. The molecule has 0 aliphatic heterocycles. The predicted octanol–water partition coefficient (Wildman–Crippen LogP) is 4.25. The molecule has 130 valence electrons. The molecule has 2 aromatic carbocycles. The second kappa shape index (κ2) is 8.02. The summed E-state index contributed by atoms with van der Waals surface area (Å²) in [7, 11) is 2.05. The normalized spacial score (nSPS) is 12.2. The number of fused-ring (bicyclic) bond motifs is 1. The van der Waals surface area contributed by atoms with Crippen molar-refractivity contribution in [3.8, 4) is 0 Å². The molecule has 1 heterocycles. The summed E-state index contributed by atoms with van der Waals surface area (Å²) in [5, 5.41) is 4.37. The van der Waals surface area contributed by atoms with Gasteiger partial charge in [0.05, 0.1) is 0 Å². The Morgan fingerprint density at radius 1 is 1.04 bits per heavy atom. The maximum absolute atomic E-state index is 12.3. The number of nitrogens with one attached hydrogen (secondary N) is 1. The molecular weight excluding hydrogens is 308 g/mol. The Kier molecular flexibility index (Phi) is 5.54. The molecule has 3 nitrogen and oxygen atoms in total. The lowest BCUT2D eigenvalue weighted by Crippen LogP contribution is -2.33. The Balaban J connectivity index is 1.49. The van der Waals surface area contributed by atoms with Gasteiger partial charge in [-0.2, -0.15) is 0 Å². The molecule has 0 fully saturated rings. The smallest absolute Gasteiger partial charge is 0.220 e. The average Bonchev–Trinajstić information content (AvgIpc) is 2.95. The highest BCUT2D eigenvalue weighted by atomic mass is 16.1. The Hall–Kier alpha value is -2.55. The van der Waals surface area contributed by atoms with Crippen molar-refractivity contribution in [2.75, 3.05) is 0 Å². The highest BCUT2D eigenvalue weighted by Crippen LogP contribution is 2.21. The van der Waals surface area contributed by atoms with Crippen molar-refractivity contribution in [2.24, 2.45) is 7.05 Å². The first-order chi connectivity index (χ1) is 12.1. The summed E-state index contributed by atoms with van der Waals surface area (Å²) in [4.78, 5) is 12.3. The maximum atomic E-state index is 12.3. The largest absolute Gasteiger partial charge is 0.354 e. The van der Waals surface area contributed by atoms with Gasteiger partial charge in [0.25, 0.3) is 0 Å². The molecule has 1 N–H and O–H groups in total. The van der Waals surface area contributed by atoms with Crippen LogP contribution in [-0.4, -0.2) is 16.5 Å². The summed E-state index contributed by atoms with van der Waals surface area (Å²) in [6.07, 6.45) is 5.40. The summed E-state index contributed by atoms with van der Waals surface area (Å²) in [5.74, 6) is 0.133. The van der Waals surface area contributed by atoms with Crippen LogP contribution in [0.5, 0.6) is 0 Å².